The van der Waals surface area contributed by atoms with Gasteiger partial charge in [0.15, 0.2) is 5.69 Å². The second-order valence-corrected chi connectivity index (χ2v) is 4.68. The first kappa shape index (κ1) is 10.4. The lowest BCUT2D eigenvalue weighted by Crippen LogP contribution is -2.26. The minimum absolute atomic E-state index is 0.123. The molecule has 17 heavy (non-hydrogen) atoms. The molecule has 1 amide bonds. The fourth-order valence-electron chi connectivity index (χ4n) is 1.93. The third-order valence-electron chi connectivity index (χ3n) is 2.93. The highest BCUT2D eigenvalue weighted by atomic mass is 32.1. The second kappa shape index (κ2) is 4.25. The molecule has 1 saturated carbocycles. The maximum atomic E-state index is 11.7. The van der Waals surface area contributed by atoms with Gasteiger partial charge in [0, 0.05) is 12.0 Å². The molecule has 0 saturated heterocycles. The molecule has 0 aliphatic heterocycles. The van der Waals surface area contributed by atoms with Crippen LogP contribution < -0.4 is 5.32 Å². The van der Waals surface area contributed by atoms with Crippen molar-refractivity contribution in [1.29, 1.82) is 0 Å². The molecule has 2 aromatic rings. The molecule has 86 valence electrons. The van der Waals surface area contributed by atoms with Crippen LogP contribution in [0, 0.1) is 0 Å². The Bertz CT molecular complexity index is 512. The first-order valence-electron chi connectivity index (χ1n) is 5.48. The van der Waals surface area contributed by atoms with Gasteiger partial charge in [0.2, 0.25) is 0 Å². The average molecular weight is 245 g/mol. The number of rotatable bonds is 3. The number of benzene rings is 1. The zero-order valence-electron chi connectivity index (χ0n) is 9.04. The van der Waals surface area contributed by atoms with Gasteiger partial charge in [-0.3, -0.25) is 4.79 Å². The van der Waals surface area contributed by atoms with Crippen LogP contribution in [0.25, 0.3) is 0 Å². The first-order chi connectivity index (χ1) is 8.34. The smallest absolute Gasteiger partial charge is 0.272 e. The molecule has 1 aliphatic rings. The van der Waals surface area contributed by atoms with Gasteiger partial charge in [0.25, 0.3) is 5.91 Å². The van der Waals surface area contributed by atoms with Gasteiger partial charge in [0.1, 0.15) is 0 Å². The number of hydrogen-bond donors (Lipinski definition) is 1. The molecule has 2 atom stereocenters. The Morgan fingerprint density at radius 3 is 2.88 bits per heavy atom. The predicted octanol–water partition coefficient (Wildman–Crippen LogP) is 1.82. The summed E-state index contributed by atoms with van der Waals surface area (Å²) in [4.78, 5) is 11.7. The molecule has 3 rings (SSSR count). The Morgan fingerprint density at radius 2 is 2.18 bits per heavy atom. The third kappa shape index (κ3) is 2.19. The first-order valence-corrected chi connectivity index (χ1v) is 6.21. The molecular formula is C12H11N3OS. The summed E-state index contributed by atoms with van der Waals surface area (Å²) in [6, 6.07) is 10.5. The zero-order valence-corrected chi connectivity index (χ0v) is 9.85. The van der Waals surface area contributed by atoms with Crippen LogP contribution in [0.2, 0.25) is 0 Å². The van der Waals surface area contributed by atoms with Crippen molar-refractivity contribution in [3.63, 3.8) is 0 Å². The minimum Gasteiger partial charge on any atom is -0.347 e. The summed E-state index contributed by atoms with van der Waals surface area (Å²) in [5, 5.41) is 2.97. The highest BCUT2D eigenvalue weighted by molar-refractivity contribution is 6.99. The predicted molar refractivity (Wildman–Crippen MR) is 65.0 cm³/mol. The molecule has 0 spiro atoms. The van der Waals surface area contributed by atoms with Crippen LogP contribution in [-0.4, -0.2) is 20.7 Å². The summed E-state index contributed by atoms with van der Waals surface area (Å²) >= 11 is 1.05. The van der Waals surface area contributed by atoms with Gasteiger partial charge in [0.05, 0.1) is 17.9 Å². The number of carbonyl (C=O) groups excluding carboxylic acids is 1. The fourth-order valence-corrected chi connectivity index (χ4v) is 2.34. The molecule has 1 aromatic carbocycles. The van der Waals surface area contributed by atoms with Crippen molar-refractivity contribution in [3.05, 3.63) is 47.8 Å². The van der Waals surface area contributed by atoms with Crippen molar-refractivity contribution in [2.45, 2.75) is 18.4 Å². The number of aromatic nitrogens is 2. The number of amides is 1. The van der Waals surface area contributed by atoms with Crippen molar-refractivity contribution in [2.24, 2.45) is 0 Å². The Labute approximate surface area is 103 Å². The van der Waals surface area contributed by atoms with E-state index >= 15 is 0 Å². The van der Waals surface area contributed by atoms with Crippen LogP contribution in [0.5, 0.6) is 0 Å². The van der Waals surface area contributed by atoms with Crippen LogP contribution in [0.4, 0.5) is 0 Å². The largest absolute Gasteiger partial charge is 0.347 e. The van der Waals surface area contributed by atoms with E-state index in [1.807, 2.05) is 18.2 Å². The SMILES string of the molecule is O=C(NC1CC1c1ccccc1)c1cnsn1. The molecule has 4 nitrogen and oxygen atoms in total. The van der Waals surface area contributed by atoms with Crippen LogP contribution in [-0.2, 0) is 0 Å². The van der Waals surface area contributed by atoms with Gasteiger partial charge < -0.3 is 5.32 Å². The molecule has 1 heterocycles. The summed E-state index contributed by atoms with van der Waals surface area (Å²) in [7, 11) is 0. The summed E-state index contributed by atoms with van der Waals surface area (Å²) < 4.78 is 7.73. The highest BCUT2D eigenvalue weighted by Crippen LogP contribution is 2.40. The Kier molecular flexibility index (Phi) is 2.60. The van der Waals surface area contributed by atoms with Crippen LogP contribution in [0.3, 0.4) is 0 Å². The zero-order chi connectivity index (χ0) is 11.7. The maximum absolute atomic E-state index is 11.7. The Hall–Kier alpha value is -1.75. The second-order valence-electron chi connectivity index (χ2n) is 4.13. The lowest BCUT2D eigenvalue weighted by Gasteiger charge is -2.02. The van der Waals surface area contributed by atoms with E-state index in [1.165, 1.54) is 11.8 Å². The molecule has 1 aromatic heterocycles. The molecule has 0 bridgehead atoms. The van der Waals surface area contributed by atoms with Crippen molar-refractivity contribution in [1.82, 2.24) is 14.1 Å². The van der Waals surface area contributed by atoms with Crippen LogP contribution in [0.15, 0.2) is 36.5 Å². The van der Waals surface area contributed by atoms with E-state index in [9.17, 15) is 4.79 Å². The van der Waals surface area contributed by atoms with E-state index in [0.29, 0.717) is 11.6 Å². The van der Waals surface area contributed by atoms with E-state index in [-0.39, 0.29) is 11.9 Å². The quantitative estimate of drug-likeness (QED) is 0.897. The summed E-state index contributed by atoms with van der Waals surface area (Å²) in [6.45, 7) is 0. The van der Waals surface area contributed by atoms with Gasteiger partial charge in [-0.15, -0.1) is 0 Å². The molecule has 1 fully saturated rings. The monoisotopic (exact) mass is 245 g/mol. The molecule has 2 unspecified atom stereocenters. The number of carbonyl (C=O) groups is 1. The van der Waals surface area contributed by atoms with Gasteiger partial charge in [-0.1, -0.05) is 30.3 Å². The summed E-state index contributed by atoms with van der Waals surface area (Å²) in [5.74, 6) is 0.328. The normalized spacial score (nSPS) is 22.1. The molecule has 0 radical (unpaired) electrons. The van der Waals surface area contributed by atoms with E-state index in [4.69, 9.17) is 0 Å². The van der Waals surface area contributed by atoms with Gasteiger partial charge >= 0.3 is 0 Å². The molecule has 5 heteroatoms. The van der Waals surface area contributed by atoms with Gasteiger partial charge in [-0.2, -0.15) is 8.75 Å². The number of nitrogens with zero attached hydrogens (tertiary/aromatic N) is 2. The molecule has 1 aliphatic carbocycles. The van der Waals surface area contributed by atoms with Crippen molar-refractivity contribution < 1.29 is 4.79 Å². The summed E-state index contributed by atoms with van der Waals surface area (Å²) in [5.41, 5.74) is 1.70. The lowest BCUT2D eigenvalue weighted by atomic mass is 10.1. The van der Waals surface area contributed by atoms with Crippen molar-refractivity contribution in [3.8, 4) is 0 Å². The van der Waals surface area contributed by atoms with E-state index in [2.05, 4.69) is 26.2 Å². The van der Waals surface area contributed by atoms with E-state index in [0.717, 1.165) is 18.1 Å². The third-order valence-corrected chi connectivity index (χ3v) is 3.41. The summed E-state index contributed by atoms with van der Waals surface area (Å²) in [6.07, 6.45) is 2.51. The number of hydrogen-bond acceptors (Lipinski definition) is 4. The van der Waals surface area contributed by atoms with Crippen LogP contribution >= 0.6 is 11.7 Å². The lowest BCUT2D eigenvalue weighted by molar-refractivity contribution is 0.0946. The Morgan fingerprint density at radius 1 is 1.35 bits per heavy atom. The van der Waals surface area contributed by atoms with Gasteiger partial charge in [-0.05, 0) is 12.0 Å². The Balaban J connectivity index is 1.61. The molecule has 1 N–H and O–H groups in total. The highest BCUT2D eigenvalue weighted by Gasteiger charge is 2.39. The van der Waals surface area contributed by atoms with Crippen LogP contribution in [0.1, 0.15) is 28.4 Å². The maximum Gasteiger partial charge on any atom is 0.272 e. The number of nitrogens with one attached hydrogen (secondary N) is 1. The topological polar surface area (TPSA) is 54.9 Å². The minimum atomic E-state index is -0.123. The van der Waals surface area contributed by atoms with E-state index in [1.54, 1.807) is 0 Å². The van der Waals surface area contributed by atoms with E-state index < -0.39 is 0 Å². The average Bonchev–Trinajstić information content (AvgIpc) is 2.92. The fraction of sp³-hybridized carbons (Fsp3) is 0.250. The standard InChI is InChI=1S/C12H11N3OS/c16-12(11-7-13-17-15-11)14-10-6-9(10)8-4-2-1-3-5-8/h1-5,7,9-10H,6H2,(H,14,16). The van der Waals surface area contributed by atoms with Crippen molar-refractivity contribution >= 4 is 17.6 Å². The van der Waals surface area contributed by atoms with Gasteiger partial charge in [-0.25, -0.2) is 0 Å². The van der Waals surface area contributed by atoms with Crippen molar-refractivity contribution in [2.75, 3.05) is 0 Å². The molecular weight excluding hydrogens is 234 g/mol.